The summed E-state index contributed by atoms with van der Waals surface area (Å²) in [6.07, 6.45) is 0.0781. The van der Waals surface area contributed by atoms with Crippen LogP contribution in [0.2, 0.25) is 0 Å². The molecule has 76 valence electrons. The Morgan fingerprint density at radius 1 is 1.64 bits per heavy atom. The standard InChI is InChI=1S/C8H11N3O2S/c1-11-8(13)6-4(2-5(9)12)3-14-7(6)10/h3H,2,10H2,1H3,(H2,9,12)(H,11,13)/p+1. The van der Waals surface area contributed by atoms with Crippen molar-refractivity contribution in [2.45, 2.75) is 6.42 Å². The molecule has 0 saturated carbocycles. The molecule has 0 aliphatic heterocycles. The van der Waals surface area contributed by atoms with E-state index in [4.69, 9.17) is 5.73 Å². The van der Waals surface area contributed by atoms with E-state index in [1.54, 1.807) is 5.38 Å². The first-order chi connectivity index (χ1) is 6.56. The van der Waals surface area contributed by atoms with Gasteiger partial charge < -0.3 is 16.8 Å². The van der Waals surface area contributed by atoms with E-state index in [0.717, 1.165) is 0 Å². The summed E-state index contributed by atoms with van der Waals surface area (Å²) in [5.74, 6) is -0.680. The van der Waals surface area contributed by atoms with Crippen molar-refractivity contribution in [3.8, 4) is 0 Å². The second-order valence-corrected chi connectivity index (χ2v) is 3.75. The zero-order valence-corrected chi connectivity index (χ0v) is 8.61. The van der Waals surface area contributed by atoms with Gasteiger partial charge in [0.25, 0.3) is 5.91 Å². The molecule has 0 fully saturated rings. The van der Waals surface area contributed by atoms with E-state index in [0.29, 0.717) is 16.1 Å². The molecule has 0 radical (unpaired) electrons. The Labute approximate surface area is 85.1 Å². The van der Waals surface area contributed by atoms with Gasteiger partial charge in [-0.1, -0.05) is 11.3 Å². The lowest BCUT2D eigenvalue weighted by atomic mass is 10.1. The molecule has 0 aromatic carbocycles. The molecule has 0 bridgehead atoms. The molecule has 0 saturated heterocycles. The van der Waals surface area contributed by atoms with Gasteiger partial charge in [-0.3, -0.25) is 9.59 Å². The Morgan fingerprint density at radius 3 is 2.79 bits per heavy atom. The quantitative estimate of drug-likeness (QED) is 0.601. The summed E-state index contributed by atoms with van der Waals surface area (Å²) in [6, 6.07) is 0. The average Bonchev–Trinajstić information content (AvgIpc) is 2.45. The highest BCUT2D eigenvalue weighted by Crippen LogP contribution is 2.23. The van der Waals surface area contributed by atoms with E-state index in [1.807, 2.05) is 0 Å². The number of carbonyl (C=O) groups is 2. The van der Waals surface area contributed by atoms with E-state index >= 15 is 0 Å². The molecule has 6 N–H and O–H groups in total. The molecule has 0 spiro atoms. The van der Waals surface area contributed by atoms with Crippen molar-refractivity contribution in [2.24, 2.45) is 5.73 Å². The summed E-state index contributed by atoms with van der Waals surface area (Å²) < 4.78 is 0. The van der Waals surface area contributed by atoms with Crippen molar-refractivity contribution in [2.75, 3.05) is 7.05 Å². The van der Waals surface area contributed by atoms with Gasteiger partial charge in [0, 0.05) is 12.4 Å². The fourth-order valence-corrected chi connectivity index (χ4v) is 1.98. The van der Waals surface area contributed by atoms with Gasteiger partial charge in [0.05, 0.1) is 6.42 Å². The Bertz CT molecular complexity index is 373. The van der Waals surface area contributed by atoms with Gasteiger partial charge in [0.2, 0.25) is 5.91 Å². The normalized spacial score (nSPS) is 9.86. The van der Waals surface area contributed by atoms with Gasteiger partial charge in [-0.05, 0) is 5.56 Å². The number of amides is 2. The van der Waals surface area contributed by atoms with Gasteiger partial charge in [-0.2, -0.15) is 0 Å². The maximum absolute atomic E-state index is 11.4. The SMILES string of the molecule is CNC(=O)c1c(CC(N)=O)csc1[NH3+]. The third-order valence-corrected chi connectivity index (χ3v) is 2.65. The summed E-state index contributed by atoms with van der Waals surface area (Å²) >= 11 is 1.34. The predicted molar refractivity (Wildman–Crippen MR) is 53.2 cm³/mol. The van der Waals surface area contributed by atoms with E-state index in [2.05, 4.69) is 11.1 Å². The minimum Gasteiger partial charge on any atom is -0.369 e. The number of rotatable bonds is 3. The molecule has 2 amide bonds. The summed E-state index contributed by atoms with van der Waals surface area (Å²) in [5, 5.41) is 4.88. The lowest BCUT2D eigenvalue weighted by molar-refractivity contribution is -0.249. The second-order valence-electron chi connectivity index (χ2n) is 2.78. The molecule has 1 rings (SSSR count). The highest BCUT2D eigenvalue weighted by Gasteiger charge is 2.19. The van der Waals surface area contributed by atoms with Crippen molar-refractivity contribution in [3.05, 3.63) is 16.5 Å². The molecule has 14 heavy (non-hydrogen) atoms. The zero-order valence-electron chi connectivity index (χ0n) is 7.79. The van der Waals surface area contributed by atoms with Crippen LogP contribution < -0.4 is 16.8 Å². The monoisotopic (exact) mass is 214 g/mol. The van der Waals surface area contributed by atoms with Crippen molar-refractivity contribution in [1.82, 2.24) is 5.32 Å². The highest BCUT2D eigenvalue weighted by molar-refractivity contribution is 7.13. The van der Waals surface area contributed by atoms with Crippen LogP contribution in [-0.2, 0) is 11.2 Å². The number of carbonyl (C=O) groups excluding carboxylic acids is 2. The van der Waals surface area contributed by atoms with E-state index < -0.39 is 5.91 Å². The van der Waals surface area contributed by atoms with Gasteiger partial charge >= 0.3 is 0 Å². The fraction of sp³-hybridized carbons (Fsp3) is 0.250. The molecule has 1 heterocycles. The molecule has 1 aromatic rings. The van der Waals surface area contributed by atoms with Crippen LogP contribution in [0.5, 0.6) is 0 Å². The third-order valence-electron chi connectivity index (χ3n) is 1.76. The molecule has 0 unspecified atom stereocenters. The van der Waals surface area contributed by atoms with Crippen LogP contribution in [0.1, 0.15) is 15.9 Å². The number of hydrogen-bond donors (Lipinski definition) is 3. The van der Waals surface area contributed by atoms with E-state index in [-0.39, 0.29) is 12.3 Å². The second kappa shape index (κ2) is 4.21. The first kappa shape index (κ1) is 10.7. The molecule has 1 aromatic heterocycles. The van der Waals surface area contributed by atoms with E-state index in [9.17, 15) is 9.59 Å². The summed E-state index contributed by atoms with van der Waals surface area (Å²) in [6.45, 7) is 0. The van der Waals surface area contributed by atoms with Crippen LogP contribution >= 0.6 is 11.3 Å². The topological polar surface area (TPSA) is 99.8 Å². The minimum absolute atomic E-state index is 0.0781. The van der Waals surface area contributed by atoms with Crippen molar-refractivity contribution in [3.63, 3.8) is 0 Å². The van der Waals surface area contributed by atoms with Crippen molar-refractivity contribution in [1.29, 1.82) is 0 Å². The first-order valence-corrected chi connectivity index (χ1v) is 4.87. The first-order valence-electron chi connectivity index (χ1n) is 3.99. The Hall–Kier alpha value is -1.40. The van der Waals surface area contributed by atoms with E-state index in [1.165, 1.54) is 18.4 Å². The number of quaternary nitrogens is 1. The zero-order chi connectivity index (χ0) is 10.7. The Kier molecular flexibility index (Phi) is 3.21. The molecular weight excluding hydrogens is 202 g/mol. The molecule has 0 atom stereocenters. The Morgan fingerprint density at radius 2 is 2.29 bits per heavy atom. The smallest absolute Gasteiger partial charge is 0.258 e. The highest BCUT2D eigenvalue weighted by atomic mass is 32.1. The van der Waals surface area contributed by atoms with Crippen molar-refractivity contribution < 1.29 is 15.3 Å². The maximum Gasteiger partial charge on any atom is 0.258 e. The molecular formula is C8H12N3O2S+. The molecule has 0 aliphatic rings. The third kappa shape index (κ3) is 2.09. The van der Waals surface area contributed by atoms with Crippen LogP contribution in [0.15, 0.2) is 5.38 Å². The van der Waals surface area contributed by atoms with Gasteiger partial charge in [-0.15, -0.1) is 0 Å². The summed E-state index contributed by atoms with van der Waals surface area (Å²) in [5.41, 5.74) is 9.89. The predicted octanol–water partition coefficient (Wildman–Crippen LogP) is -0.991. The van der Waals surface area contributed by atoms with Gasteiger partial charge in [0.1, 0.15) is 5.56 Å². The summed E-state index contributed by atoms with van der Waals surface area (Å²) in [4.78, 5) is 22.1. The van der Waals surface area contributed by atoms with Crippen LogP contribution in [0, 0.1) is 0 Å². The minimum atomic E-state index is -0.451. The largest absolute Gasteiger partial charge is 0.369 e. The van der Waals surface area contributed by atoms with Gasteiger partial charge in [0.15, 0.2) is 5.00 Å². The van der Waals surface area contributed by atoms with Crippen LogP contribution in [0.25, 0.3) is 0 Å². The lowest BCUT2D eigenvalue weighted by Gasteiger charge is -1.99. The number of nitrogens with two attached hydrogens (primary N) is 1. The van der Waals surface area contributed by atoms with Crippen LogP contribution in [0.3, 0.4) is 0 Å². The lowest BCUT2D eigenvalue weighted by Crippen LogP contribution is -2.41. The Balaban J connectivity index is 3.05. The van der Waals surface area contributed by atoms with Crippen LogP contribution in [0.4, 0.5) is 5.00 Å². The number of primary amides is 1. The summed E-state index contributed by atoms with van der Waals surface area (Å²) in [7, 11) is 1.54. The molecule has 0 aliphatic carbocycles. The van der Waals surface area contributed by atoms with Gasteiger partial charge in [-0.25, -0.2) is 0 Å². The van der Waals surface area contributed by atoms with Crippen LogP contribution in [-0.4, -0.2) is 18.9 Å². The number of thiophene rings is 1. The molecule has 5 nitrogen and oxygen atoms in total. The maximum atomic E-state index is 11.4. The molecule has 6 heteroatoms. The van der Waals surface area contributed by atoms with Crippen molar-refractivity contribution >= 4 is 28.2 Å². The average molecular weight is 214 g/mol. The number of hydrogen-bond acceptors (Lipinski definition) is 3. The fourth-order valence-electron chi connectivity index (χ4n) is 1.15. The number of nitrogens with one attached hydrogen (secondary N) is 1.